The van der Waals surface area contributed by atoms with Gasteiger partial charge in [0.15, 0.2) is 0 Å². The first kappa shape index (κ1) is 14.5. The minimum Gasteiger partial charge on any atom is -0.478 e. The van der Waals surface area contributed by atoms with Crippen LogP contribution in [0.1, 0.15) is 15.9 Å². The largest absolute Gasteiger partial charge is 0.478 e. The highest BCUT2D eigenvalue weighted by Gasteiger charge is 2.12. The molecule has 0 spiro atoms. The highest BCUT2D eigenvalue weighted by atomic mass is 16.9. The molecule has 0 aliphatic heterocycles. The van der Waals surface area contributed by atoms with Crippen LogP contribution < -0.4 is 0 Å². The van der Waals surface area contributed by atoms with E-state index in [1.54, 1.807) is 12.1 Å². The molecule has 2 rings (SSSR count). The van der Waals surface area contributed by atoms with E-state index in [4.69, 9.17) is 0 Å². The quantitative estimate of drug-likeness (QED) is 0.651. The van der Waals surface area contributed by atoms with Crippen molar-refractivity contribution in [3.63, 3.8) is 0 Å². The summed E-state index contributed by atoms with van der Waals surface area (Å²) in [5.41, 5.74) is 2.34. The topological polar surface area (TPSA) is 89.7 Å². The Balaban J connectivity index is 2.31. The van der Waals surface area contributed by atoms with E-state index in [9.17, 15) is 20.0 Å². The molecule has 0 bridgehead atoms. The second-order valence-electron chi connectivity index (χ2n) is 4.36. The zero-order valence-electron chi connectivity index (χ0n) is 11.1. The number of nitrogens with zero attached hydrogens (tertiary/aromatic N) is 1. The minimum absolute atomic E-state index is 0.0619. The fourth-order valence-electron chi connectivity index (χ4n) is 2.03. The van der Waals surface area contributed by atoms with Crippen molar-refractivity contribution in [3.05, 3.63) is 69.8 Å². The summed E-state index contributed by atoms with van der Waals surface area (Å²) in [6.45, 7) is -0.0619. The number of rotatable bonds is 6. The predicted molar refractivity (Wildman–Crippen MR) is 75.5 cm³/mol. The van der Waals surface area contributed by atoms with Crippen molar-refractivity contribution in [3.8, 4) is 11.1 Å². The zero-order valence-corrected chi connectivity index (χ0v) is 11.1. The lowest BCUT2D eigenvalue weighted by molar-refractivity contribution is -0.757. The molecule has 0 saturated carbocycles. The molecule has 0 atom stereocenters. The third-order valence-electron chi connectivity index (χ3n) is 2.99. The van der Waals surface area contributed by atoms with Crippen LogP contribution in [-0.2, 0) is 11.3 Å². The number of hydrogen-bond donors (Lipinski definition) is 1. The summed E-state index contributed by atoms with van der Waals surface area (Å²) in [4.78, 5) is 25.7. The standard InChI is InChI=1S/C15H13NO5/c17-15(18)13-7-6-11(8-9-21-16(19)20)10-14(13)12-4-2-1-3-5-12/h1-7,10H,8-9H2,(H,17,18). The molecule has 0 saturated heterocycles. The van der Waals surface area contributed by atoms with Crippen LogP contribution in [0.3, 0.4) is 0 Å². The van der Waals surface area contributed by atoms with E-state index in [2.05, 4.69) is 4.84 Å². The van der Waals surface area contributed by atoms with Gasteiger partial charge in [-0.05, 0) is 29.2 Å². The van der Waals surface area contributed by atoms with Crippen LogP contribution in [0.4, 0.5) is 0 Å². The normalized spacial score (nSPS) is 10.1. The molecule has 0 aliphatic rings. The lowest BCUT2D eigenvalue weighted by Gasteiger charge is -2.09. The average Bonchev–Trinajstić information content (AvgIpc) is 2.47. The number of carboxylic acid groups (broad SMARTS) is 1. The Morgan fingerprint density at radius 1 is 1.19 bits per heavy atom. The first-order valence-electron chi connectivity index (χ1n) is 6.27. The van der Waals surface area contributed by atoms with Crippen molar-refractivity contribution in [2.45, 2.75) is 6.42 Å². The Labute approximate surface area is 120 Å². The van der Waals surface area contributed by atoms with Crippen LogP contribution in [-0.4, -0.2) is 22.8 Å². The van der Waals surface area contributed by atoms with Gasteiger partial charge in [0.25, 0.3) is 5.09 Å². The van der Waals surface area contributed by atoms with Gasteiger partial charge in [-0.3, -0.25) is 0 Å². The molecule has 6 nitrogen and oxygen atoms in total. The predicted octanol–water partition coefficient (Wildman–Crippen LogP) is 2.80. The number of carboxylic acids is 1. The van der Waals surface area contributed by atoms with Gasteiger partial charge in [-0.2, -0.15) is 0 Å². The lowest BCUT2D eigenvalue weighted by atomic mass is 9.96. The molecular formula is C15H13NO5. The molecule has 0 aromatic heterocycles. The van der Waals surface area contributed by atoms with Crippen molar-refractivity contribution < 1.29 is 19.8 Å². The maximum Gasteiger partial charge on any atom is 0.336 e. The molecule has 1 N–H and O–H groups in total. The highest BCUT2D eigenvalue weighted by Crippen LogP contribution is 2.25. The fraction of sp³-hybridized carbons (Fsp3) is 0.133. The van der Waals surface area contributed by atoms with E-state index in [0.29, 0.717) is 12.0 Å². The summed E-state index contributed by atoms with van der Waals surface area (Å²) >= 11 is 0. The monoisotopic (exact) mass is 287 g/mol. The molecule has 21 heavy (non-hydrogen) atoms. The summed E-state index contributed by atoms with van der Waals surface area (Å²) in [5, 5.41) is 18.5. The summed E-state index contributed by atoms with van der Waals surface area (Å²) in [6.07, 6.45) is 0.334. The van der Waals surface area contributed by atoms with Crippen LogP contribution in [0.15, 0.2) is 48.5 Å². The van der Waals surface area contributed by atoms with Gasteiger partial charge in [-0.15, -0.1) is 10.1 Å². The van der Waals surface area contributed by atoms with E-state index in [1.165, 1.54) is 6.07 Å². The molecule has 0 heterocycles. The van der Waals surface area contributed by atoms with Gasteiger partial charge in [0, 0.05) is 0 Å². The molecule has 0 fully saturated rings. The molecule has 6 heteroatoms. The Morgan fingerprint density at radius 2 is 1.90 bits per heavy atom. The van der Waals surface area contributed by atoms with Crippen molar-refractivity contribution in [2.24, 2.45) is 0 Å². The van der Waals surface area contributed by atoms with E-state index < -0.39 is 11.1 Å². The first-order valence-corrected chi connectivity index (χ1v) is 6.27. The van der Waals surface area contributed by atoms with Gasteiger partial charge in [0.2, 0.25) is 0 Å². The van der Waals surface area contributed by atoms with Crippen LogP contribution >= 0.6 is 0 Å². The van der Waals surface area contributed by atoms with Crippen LogP contribution in [0, 0.1) is 10.1 Å². The molecule has 2 aromatic carbocycles. The maximum atomic E-state index is 11.3. The van der Waals surface area contributed by atoms with Crippen molar-refractivity contribution in [1.29, 1.82) is 0 Å². The Morgan fingerprint density at radius 3 is 2.52 bits per heavy atom. The van der Waals surface area contributed by atoms with Crippen LogP contribution in [0.5, 0.6) is 0 Å². The number of aromatic carboxylic acids is 1. The molecule has 0 amide bonds. The third-order valence-corrected chi connectivity index (χ3v) is 2.99. The number of benzene rings is 2. The van der Waals surface area contributed by atoms with Crippen LogP contribution in [0.2, 0.25) is 0 Å². The Bertz CT molecular complexity index is 654. The molecule has 0 aliphatic carbocycles. The lowest BCUT2D eigenvalue weighted by Crippen LogP contribution is -2.06. The van der Waals surface area contributed by atoms with E-state index >= 15 is 0 Å². The molecule has 2 aromatic rings. The van der Waals surface area contributed by atoms with Gasteiger partial charge in [-0.1, -0.05) is 42.5 Å². The van der Waals surface area contributed by atoms with E-state index in [-0.39, 0.29) is 12.2 Å². The van der Waals surface area contributed by atoms with Gasteiger partial charge < -0.3 is 9.94 Å². The smallest absolute Gasteiger partial charge is 0.336 e. The zero-order chi connectivity index (χ0) is 15.2. The van der Waals surface area contributed by atoms with E-state index in [0.717, 1.165) is 11.1 Å². The van der Waals surface area contributed by atoms with Crippen LogP contribution in [0.25, 0.3) is 11.1 Å². The molecular weight excluding hydrogens is 274 g/mol. The summed E-state index contributed by atoms with van der Waals surface area (Å²) in [7, 11) is 0. The fourth-order valence-corrected chi connectivity index (χ4v) is 2.03. The van der Waals surface area contributed by atoms with Crippen molar-refractivity contribution >= 4 is 5.97 Å². The molecule has 108 valence electrons. The Hall–Kier alpha value is -2.89. The molecule has 0 radical (unpaired) electrons. The number of hydrogen-bond acceptors (Lipinski definition) is 4. The average molecular weight is 287 g/mol. The van der Waals surface area contributed by atoms with E-state index in [1.807, 2.05) is 30.3 Å². The summed E-state index contributed by atoms with van der Waals surface area (Å²) < 4.78 is 0. The van der Waals surface area contributed by atoms with Gasteiger partial charge >= 0.3 is 5.97 Å². The molecule has 0 unspecified atom stereocenters. The third kappa shape index (κ3) is 3.79. The summed E-state index contributed by atoms with van der Waals surface area (Å²) in [5.74, 6) is -1.01. The van der Waals surface area contributed by atoms with Gasteiger partial charge in [0.1, 0.15) is 6.61 Å². The minimum atomic E-state index is -1.01. The SMILES string of the molecule is O=C(O)c1ccc(CCO[N+](=O)[O-])cc1-c1ccccc1. The van der Waals surface area contributed by atoms with Crippen molar-refractivity contribution in [1.82, 2.24) is 0 Å². The number of carbonyl (C=O) groups is 1. The second-order valence-corrected chi connectivity index (χ2v) is 4.36. The van der Waals surface area contributed by atoms with Gasteiger partial charge in [-0.25, -0.2) is 4.79 Å². The maximum absolute atomic E-state index is 11.3. The highest BCUT2D eigenvalue weighted by molar-refractivity contribution is 5.96. The summed E-state index contributed by atoms with van der Waals surface area (Å²) in [6, 6.07) is 14.0. The Kier molecular flexibility index (Phi) is 4.50. The van der Waals surface area contributed by atoms with Gasteiger partial charge in [0.05, 0.1) is 5.56 Å². The van der Waals surface area contributed by atoms with Crippen molar-refractivity contribution in [2.75, 3.05) is 6.61 Å². The first-order chi connectivity index (χ1) is 10.1. The second kappa shape index (κ2) is 6.51.